The lowest BCUT2D eigenvalue weighted by molar-refractivity contribution is -0.139. The number of hydrogen-bond acceptors (Lipinski definition) is 4. The summed E-state index contributed by atoms with van der Waals surface area (Å²) in [5.74, 6) is 0.443. The van der Waals surface area contributed by atoms with Crippen molar-refractivity contribution in [2.45, 2.75) is 44.7 Å². The molecule has 0 aliphatic carbocycles. The second kappa shape index (κ2) is 12.7. The number of hydrogen-bond donors (Lipinski definition) is 1. The molecule has 2 atom stereocenters. The van der Waals surface area contributed by atoms with Gasteiger partial charge in [0, 0.05) is 37.3 Å². The molecule has 0 radical (unpaired) electrons. The third-order valence-corrected chi connectivity index (χ3v) is 7.86. The zero-order valence-corrected chi connectivity index (χ0v) is 21.9. The van der Waals surface area contributed by atoms with Crippen LogP contribution in [0.2, 0.25) is 0 Å². The Bertz CT molecular complexity index is 1120. The summed E-state index contributed by atoms with van der Waals surface area (Å²) in [7, 11) is 1.66. The van der Waals surface area contributed by atoms with Gasteiger partial charge in [-0.2, -0.15) is 13.2 Å². The van der Waals surface area contributed by atoms with Crippen LogP contribution in [0.15, 0.2) is 48.5 Å². The third kappa shape index (κ3) is 7.31. The predicted octanol–water partition coefficient (Wildman–Crippen LogP) is 6.37. The molecule has 2 aliphatic rings. The number of aliphatic carboxylic acids is 1. The quantitative estimate of drug-likeness (QED) is 0.366. The topological polar surface area (TPSA) is 53.0 Å². The minimum atomic E-state index is -4.35. The van der Waals surface area contributed by atoms with Crippen molar-refractivity contribution in [1.82, 2.24) is 4.90 Å². The molecule has 0 aromatic heterocycles. The molecule has 0 saturated carbocycles. The summed E-state index contributed by atoms with van der Waals surface area (Å²) in [5.41, 5.74) is 2.10. The highest BCUT2D eigenvalue weighted by molar-refractivity contribution is 5.72. The highest BCUT2D eigenvalue weighted by atomic mass is 19.4. The molecule has 2 heterocycles. The Morgan fingerprint density at radius 3 is 2.68 bits per heavy atom. The summed E-state index contributed by atoms with van der Waals surface area (Å²) in [5, 5.41) is 9.53. The van der Waals surface area contributed by atoms with Crippen LogP contribution in [-0.2, 0) is 17.4 Å². The monoisotopic (exact) mass is 530 g/mol. The normalized spacial score (nSPS) is 19.8. The molecule has 8 heteroatoms. The summed E-state index contributed by atoms with van der Waals surface area (Å²) in [4.78, 5) is 16.2. The van der Waals surface area contributed by atoms with Crippen molar-refractivity contribution in [2.75, 3.05) is 44.7 Å². The van der Waals surface area contributed by atoms with Crippen LogP contribution in [0.4, 0.5) is 18.9 Å². The number of methoxy groups -OCH3 is 1. The lowest BCUT2D eigenvalue weighted by Crippen LogP contribution is -2.42. The Morgan fingerprint density at radius 2 is 1.92 bits per heavy atom. The van der Waals surface area contributed by atoms with E-state index < -0.39 is 17.7 Å². The Hall–Kier alpha value is -3.00. The molecule has 0 unspecified atom stereocenters. The molecule has 0 spiro atoms. The van der Waals surface area contributed by atoms with Crippen molar-refractivity contribution in [2.24, 2.45) is 11.8 Å². The molecule has 2 aliphatic heterocycles. The van der Waals surface area contributed by atoms with Gasteiger partial charge < -0.3 is 19.6 Å². The fraction of sp³-hybridized carbons (Fsp3) is 0.500. The van der Waals surface area contributed by atoms with Crippen molar-refractivity contribution >= 4 is 17.7 Å². The van der Waals surface area contributed by atoms with Gasteiger partial charge in [-0.05, 0) is 86.9 Å². The molecule has 4 rings (SSSR count). The van der Waals surface area contributed by atoms with Gasteiger partial charge in [0.2, 0.25) is 0 Å². The summed E-state index contributed by atoms with van der Waals surface area (Å²) < 4.78 is 45.2. The number of ether oxygens (including phenoxy) is 1. The van der Waals surface area contributed by atoms with Gasteiger partial charge in [0.05, 0.1) is 12.7 Å². The van der Waals surface area contributed by atoms with Gasteiger partial charge in [0.15, 0.2) is 0 Å². The number of nitrogens with zero attached hydrogens (tertiary/aromatic N) is 2. The molecule has 0 bridgehead atoms. The van der Waals surface area contributed by atoms with E-state index in [2.05, 4.69) is 28.0 Å². The Balaban J connectivity index is 1.28. The highest BCUT2D eigenvalue weighted by Gasteiger charge is 2.33. The van der Waals surface area contributed by atoms with Gasteiger partial charge in [0.25, 0.3) is 0 Å². The van der Waals surface area contributed by atoms with Crippen molar-refractivity contribution in [3.8, 4) is 5.75 Å². The molecule has 38 heavy (non-hydrogen) atoms. The minimum Gasteiger partial charge on any atom is -0.497 e. The summed E-state index contributed by atoms with van der Waals surface area (Å²) >= 11 is 0. The molecular formula is C30H37F3N2O3. The maximum atomic E-state index is 13.3. The molecule has 206 valence electrons. The van der Waals surface area contributed by atoms with Crippen LogP contribution in [0.5, 0.6) is 5.75 Å². The van der Waals surface area contributed by atoms with E-state index in [1.54, 1.807) is 19.2 Å². The Morgan fingerprint density at radius 1 is 1.11 bits per heavy atom. The first-order chi connectivity index (χ1) is 18.2. The summed E-state index contributed by atoms with van der Waals surface area (Å²) in [6.07, 6.45) is 3.90. The van der Waals surface area contributed by atoms with Gasteiger partial charge >= 0.3 is 12.1 Å². The first-order valence-corrected chi connectivity index (χ1v) is 13.4. The average Bonchev–Trinajstić information content (AvgIpc) is 2.89. The predicted molar refractivity (Wildman–Crippen MR) is 144 cm³/mol. The van der Waals surface area contributed by atoms with Gasteiger partial charge in [-0.15, -0.1) is 0 Å². The van der Waals surface area contributed by atoms with E-state index in [1.807, 2.05) is 12.1 Å². The fourth-order valence-electron chi connectivity index (χ4n) is 5.95. The lowest BCUT2D eigenvalue weighted by atomic mass is 9.80. The second-order valence-corrected chi connectivity index (χ2v) is 10.4. The number of alkyl halides is 3. The van der Waals surface area contributed by atoms with E-state index in [4.69, 9.17) is 4.74 Å². The number of fused-ring (bicyclic) bond motifs is 1. The van der Waals surface area contributed by atoms with Crippen LogP contribution in [0.1, 0.15) is 48.8 Å². The summed E-state index contributed by atoms with van der Waals surface area (Å²) in [6, 6.07) is 11.9. The first kappa shape index (κ1) is 28.0. The number of carbonyl (C=O) groups is 1. The second-order valence-electron chi connectivity index (χ2n) is 10.4. The average molecular weight is 531 g/mol. The highest BCUT2D eigenvalue weighted by Crippen LogP contribution is 2.34. The van der Waals surface area contributed by atoms with Crippen LogP contribution < -0.4 is 9.64 Å². The maximum absolute atomic E-state index is 13.3. The summed E-state index contributed by atoms with van der Waals surface area (Å²) in [6.45, 7) is 3.98. The van der Waals surface area contributed by atoms with Crippen LogP contribution >= 0.6 is 0 Å². The molecule has 2 aromatic rings. The van der Waals surface area contributed by atoms with Crippen LogP contribution in [0.25, 0.3) is 6.08 Å². The molecule has 0 amide bonds. The van der Waals surface area contributed by atoms with Crippen molar-refractivity contribution in [3.63, 3.8) is 0 Å². The number of carboxylic acid groups (broad SMARTS) is 1. The van der Waals surface area contributed by atoms with Gasteiger partial charge in [0.1, 0.15) is 5.75 Å². The van der Waals surface area contributed by atoms with Crippen molar-refractivity contribution in [1.29, 1.82) is 0 Å². The van der Waals surface area contributed by atoms with E-state index in [-0.39, 0.29) is 12.3 Å². The molecule has 1 fully saturated rings. The van der Waals surface area contributed by atoms with E-state index in [1.165, 1.54) is 11.8 Å². The largest absolute Gasteiger partial charge is 0.497 e. The standard InChI is InChI=1S/C30H37F3N2O3/c1-38-26-12-13-28-24(19-26)10-6-17-35(28)16-5-8-22-14-18-34(21-25(22)20-29(36)37)15-4-9-23-7-2-3-11-27(23)30(31,32)33/h2-3,6-7,10-13,19,22,25H,4-5,8-9,14-18,20-21H2,1H3,(H,36,37)/t22-,25+/m1/s1. The number of halogens is 3. The van der Waals surface area contributed by atoms with E-state index in [0.29, 0.717) is 37.4 Å². The number of aryl methyl sites for hydroxylation is 1. The SMILES string of the molecule is COc1ccc2c(c1)C=CCN2CCC[C@@H]1CCN(CCCc2ccccc2C(F)(F)F)C[C@@H]1CC(=O)O. The van der Waals surface area contributed by atoms with Gasteiger partial charge in [-0.3, -0.25) is 4.79 Å². The smallest absolute Gasteiger partial charge is 0.416 e. The molecule has 1 N–H and O–H groups in total. The number of benzene rings is 2. The number of likely N-dealkylation sites (tertiary alicyclic amines) is 1. The van der Waals surface area contributed by atoms with Gasteiger partial charge in [-0.1, -0.05) is 30.4 Å². The zero-order chi connectivity index (χ0) is 27.1. The fourth-order valence-corrected chi connectivity index (χ4v) is 5.95. The molecule has 5 nitrogen and oxygen atoms in total. The number of piperidine rings is 1. The van der Waals surface area contributed by atoms with Crippen molar-refractivity contribution in [3.05, 3.63) is 65.2 Å². The maximum Gasteiger partial charge on any atom is 0.416 e. The number of anilines is 1. The molecule has 2 aromatic carbocycles. The van der Waals surface area contributed by atoms with Crippen LogP contribution in [0.3, 0.4) is 0 Å². The van der Waals surface area contributed by atoms with E-state index >= 15 is 0 Å². The van der Waals surface area contributed by atoms with E-state index in [9.17, 15) is 23.1 Å². The van der Waals surface area contributed by atoms with Crippen LogP contribution in [-0.4, -0.2) is 55.8 Å². The third-order valence-electron chi connectivity index (χ3n) is 7.86. The minimum absolute atomic E-state index is 0.0570. The molecular weight excluding hydrogens is 493 g/mol. The molecule has 1 saturated heterocycles. The number of carboxylic acids is 1. The lowest BCUT2D eigenvalue weighted by Gasteiger charge is -2.38. The van der Waals surface area contributed by atoms with Gasteiger partial charge in [-0.25, -0.2) is 0 Å². The van der Waals surface area contributed by atoms with Crippen LogP contribution in [0, 0.1) is 11.8 Å². The zero-order valence-electron chi connectivity index (χ0n) is 21.9. The first-order valence-electron chi connectivity index (χ1n) is 13.4. The van der Waals surface area contributed by atoms with E-state index in [0.717, 1.165) is 56.3 Å². The number of rotatable bonds is 11. The van der Waals surface area contributed by atoms with Crippen molar-refractivity contribution < 1.29 is 27.8 Å². The Kier molecular flexibility index (Phi) is 9.36. The Labute approximate surface area is 222 Å².